The minimum absolute atomic E-state index is 0.0335. The highest BCUT2D eigenvalue weighted by Crippen LogP contribution is 2.23. The number of hydrogen-bond acceptors (Lipinski definition) is 3. The number of likely N-dealkylation sites (tertiary alicyclic amines) is 1. The van der Waals surface area contributed by atoms with Crippen LogP contribution in [0.5, 0.6) is 0 Å². The molecule has 1 aromatic heterocycles. The summed E-state index contributed by atoms with van der Waals surface area (Å²) in [5.74, 6) is 0.413. The molecule has 0 aromatic carbocycles. The smallest absolute Gasteiger partial charge is 0.250 e. The minimum Gasteiger partial charge on any atom is -0.353 e. The van der Waals surface area contributed by atoms with Crippen LogP contribution in [0.2, 0.25) is 0 Å². The molecule has 1 amide bonds. The highest BCUT2D eigenvalue weighted by atomic mass is 16.2. The number of pyridine rings is 1. The summed E-state index contributed by atoms with van der Waals surface area (Å²) in [6.45, 7) is 2.66. The van der Waals surface area contributed by atoms with Crippen LogP contribution in [0.15, 0.2) is 23.1 Å². The number of carbonyl (C=O) groups is 1. The number of nitrogens with zero attached hydrogens (tertiary/aromatic N) is 2. The van der Waals surface area contributed by atoms with E-state index in [1.807, 2.05) is 12.3 Å². The molecule has 1 aliphatic carbocycles. The fraction of sp³-hybridized carbons (Fsp3) is 0.625. The van der Waals surface area contributed by atoms with Crippen LogP contribution in [0.1, 0.15) is 31.2 Å². The van der Waals surface area contributed by atoms with Crippen LogP contribution in [0, 0.1) is 5.92 Å². The molecule has 2 heterocycles. The lowest BCUT2D eigenvalue weighted by atomic mass is 9.95. The molecule has 0 atom stereocenters. The van der Waals surface area contributed by atoms with Crippen molar-refractivity contribution in [2.75, 3.05) is 13.1 Å². The highest BCUT2D eigenvalue weighted by Gasteiger charge is 2.29. The molecule has 21 heavy (non-hydrogen) atoms. The third-order valence-electron chi connectivity index (χ3n) is 4.46. The number of piperidine rings is 1. The number of aryl methyl sites for hydroxylation is 1. The molecular formula is C16H23N3O2. The second-order valence-electron chi connectivity index (χ2n) is 6.32. The minimum atomic E-state index is 0.0335. The van der Waals surface area contributed by atoms with E-state index in [0.717, 1.165) is 50.9 Å². The van der Waals surface area contributed by atoms with Gasteiger partial charge in [0.05, 0.1) is 0 Å². The van der Waals surface area contributed by atoms with E-state index in [1.165, 1.54) is 0 Å². The summed E-state index contributed by atoms with van der Waals surface area (Å²) in [5.41, 5.74) is 1.09. The van der Waals surface area contributed by atoms with Gasteiger partial charge < -0.3 is 9.88 Å². The Hall–Kier alpha value is -1.62. The number of nitrogens with one attached hydrogen (secondary N) is 1. The van der Waals surface area contributed by atoms with E-state index in [-0.39, 0.29) is 17.4 Å². The van der Waals surface area contributed by atoms with E-state index in [9.17, 15) is 9.59 Å². The SMILES string of the molecule is Cn1ccc(CN2CCC(C(=O)NC3CC3)CC2)cc1=O. The second kappa shape index (κ2) is 6.02. The summed E-state index contributed by atoms with van der Waals surface area (Å²) in [6, 6.07) is 4.15. The number of amides is 1. The molecule has 0 unspecified atom stereocenters. The zero-order chi connectivity index (χ0) is 14.8. The van der Waals surface area contributed by atoms with Crippen LogP contribution >= 0.6 is 0 Å². The predicted molar refractivity (Wildman–Crippen MR) is 80.8 cm³/mol. The molecule has 0 radical (unpaired) electrons. The Kier molecular flexibility index (Phi) is 4.10. The van der Waals surface area contributed by atoms with E-state index in [2.05, 4.69) is 10.2 Å². The van der Waals surface area contributed by atoms with Gasteiger partial charge in [0, 0.05) is 37.8 Å². The molecule has 3 rings (SSSR count). The molecule has 1 N–H and O–H groups in total. The fourth-order valence-corrected chi connectivity index (χ4v) is 2.85. The van der Waals surface area contributed by atoms with E-state index in [4.69, 9.17) is 0 Å². The average molecular weight is 289 g/mol. The molecule has 1 aromatic rings. The molecule has 1 aliphatic heterocycles. The number of rotatable bonds is 4. The predicted octanol–water partition coefficient (Wildman–Crippen LogP) is 0.876. The fourth-order valence-electron chi connectivity index (χ4n) is 2.85. The third kappa shape index (κ3) is 3.73. The number of hydrogen-bond donors (Lipinski definition) is 1. The Morgan fingerprint density at radius 1 is 1.29 bits per heavy atom. The first-order valence-electron chi connectivity index (χ1n) is 7.80. The van der Waals surface area contributed by atoms with Crippen LogP contribution < -0.4 is 10.9 Å². The Balaban J connectivity index is 1.49. The normalized spacial score (nSPS) is 20.4. The summed E-state index contributed by atoms with van der Waals surface area (Å²) < 4.78 is 1.58. The molecule has 0 bridgehead atoms. The van der Waals surface area contributed by atoms with Crippen molar-refractivity contribution in [1.29, 1.82) is 0 Å². The number of aromatic nitrogens is 1. The van der Waals surface area contributed by atoms with Crippen LogP contribution in [0.3, 0.4) is 0 Å². The summed E-state index contributed by atoms with van der Waals surface area (Å²) >= 11 is 0. The van der Waals surface area contributed by atoms with Crippen molar-refractivity contribution >= 4 is 5.91 Å². The molecule has 1 saturated carbocycles. The van der Waals surface area contributed by atoms with Gasteiger partial charge in [0.25, 0.3) is 5.56 Å². The van der Waals surface area contributed by atoms with Gasteiger partial charge in [-0.25, -0.2) is 0 Å². The summed E-state index contributed by atoms with van der Waals surface area (Å²) in [5, 5.41) is 3.10. The van der Waals surface area contributed by atoms with Crippen molar-refractivity contribution in [3.05, 3.63) is 34.2 Å². The Bertz CT molecular complexity index is 569. The largest absolute Gasteiger partial charge is 0.353 e. The lowest BCUT2D eigenvalue weighted by Crippen LogP contribution is -2.40. The summed E-state index contributed by atoms with van der Waals surface area (Å²) in [4.78, 5) is 26.0. The topological polar surface area (TPSA) is 54.3 Å². The summed E-state index contributed by atoms with van der Waals surface area (Å²) in [7, 11) is 1.76. The molecule has 2 fully saturated rings. The molecule has 2 aliphatic rings. The molecule has 5 heteroatoms. The molecule has 0 spiro atoms. The van der Waals surface area contributed by atoms with E-state index < -0.39 is 0 Å². The zero-order valence-corrected chi connectivity index (χ0v) is 12.5. The molecular weight excluding hydrogens is 266 g/mol. The molecule has 114 valence electrons. The standard InChI is InChI=1S/C16H23N3O2/c1-18-7-4-12(10-15(18)20)11-19-8-5-13(6-9-19)16(21)17-14-2-3-14/h4,7,10,13-14H,2-3,5-6,8-9,11H2,1H3,(H,17,21). The van der Waals surface area contributed by atoms with Crippen LogP contribution in [0.25, 0.3) is 0 Å². The van der Waals surface area contributed by atoms with Gasteiger partial charge in [-0.15, -0.1) is 0 Å². The lowest BCUT2D eigenvalue weighted by molar-refractivity contribution is -0.126. The lowest BCUT2D eigenvalue weighted by Gasteiger charge is -2.31. The van der Waals surface area contributed by atoms with Crippen molar-refractivity contribution in [3.63, 3.8) is 0 Å². The average Bonchev–Trinajstić information content (AvgIpc) is 3.28. The van der Waals surface area contributed by atoms with Gasteiger partial charge in [0.1, 0.15) is 0 Å². The van der Waals surface area contributed by atoms with Crippen molar-refractivity contribution < 1.29 is 4.79 Å². The Morgan fingerprint density at radius 2 is 2.00 bits per heavy atom. The third-order valence-corrected chi connectivity index (χ3v) is 4.46. The first kappa shape index (κ1) is 14.3. The van der Waals surface area contributed by atoms with E-state index in [1.54, 1.807) is 17.7 Å². The Morgan fingerprint density at radius 3 is 2.62 bits per heavy atom. The van der Waals surface area contributed by atoms with Crippen LogP contribution in [0.4, 0.5) is 0 Å². The van der Waals surface area contributed by atoms with Crippen LogP contribution in [-0.4, -0.2) is 34.5 Å². The maximum atomic E-state index is 12.0. The Labute approximate surface area is 124 Å². The van der Waals surface area contributed by atoms with E-state index >= 15 is 0 Å². The second-order valence-corrected chi connectivity index (χ2v) is 6.32. The molecule has 1 saturated heterocycles. The van der Waals surface area contributed by atoms with Crippen molar-refractivity contribution in [2.24, 2.45) is 13.0 Å². The van der Waals surface area contributed by atoms with Gasteiger partial charge in [-0.2, -0.15) is 0 Å². The van der Waals surface area contributed by atoms with Crippen molar-refractivity contribution in [2.45, 2.75) is 38.3 Å². The highest BCUT2D eigenvalue weighted by molar-refractivity contribution is 5.79. The van der Waals surface area contributed by atoms with Crippen molar-refractivity contribution in [3.8, 4) is 0 Å². The summed E-state index contributed by atoms with van der Waals surface area (Å²) in [6.07, 6.45) is 5.95. The van der Waals surface area contributed by atoms with Gasteiger partial charge in [-0.05, 0) is 50.4 Å². The quantitative estimate of drug-likeness (QED) is 0.895. The maximum Gasteiger partial charge on any atom is 0.250 e. The van der Waals surface area contributed by atoms with Gasteiger partial charge in [-0.3, -0.25) is 14.5 Å². The zero-order valence-electron chi connectivity index (χ0n) is 12.5. The maximum absolute atomic E-state index is 12.0. The first-order valence-corrected chi connectivity index (χ1v) is 7.80. The van der Waals surface area contributed by atoms with E-state index in [0.29, 0.717) is 6.04 Å². The van der Waals surface area contributed by atoms with Crippen LogP contribution in [-0.2, 0) is 18.4 Å². The monoisotopic (exact) mass is 289 g/mol. The molecule has 5 nitrogen and oxygen atoms in total. The van der Waals surface area contributed by atoms with Crippen molar-refractivity contribution in [1.82, 2.24) is 14.8 Å². The van der Waals surface area contributed by atoms with Gasteiger partial charge in [0.15, 0.2) is 0 Å². The number of carbonyl (C=O) groups excluding carboxylic acids is 1. The van der Waals surface area contributed by atoms with Gasteiger partial charge >= 0.3 is 0 Å². The van der Waals surface area contributed by atoms with Gasteiger partial charge in [0.2, 0.25) is 5.91 Å². The first-order chi connectivity index (χ1) is 10.1. The van der Waals surface area contributed by atoms with Gasteiger partial charge in [-0.1, -0.05) is 0 Å².